The first-order valence-corrected chi connectivity index (χ1v) is 6.19. The van der Waals surface area contributed by atoms with Gasteiger partial charge in [-0.25, -0.2) is 0 Å². The molecule has 0 saturated carbocycles. The number of aliphatic hydroxyl groups is 1. The van der Waals surface area contributed by atoms with Crippen molar-refractivity contribution in [3.8, 4) is 0 Å². The molecule has 5 heteroatoms. The highest BCUT2D eigenvalue weighted by molar-refractivity contribution is 9.10. The molecule has 1 amide bonds. The average molecular weight is 301 g/mol. The van der Waals surface area contributed by atoms with Gasteiger partial charge in [0, 0.05) is 11.0 Å². The van der Waals surface area contributed by atoms with Gasteiger partial charge < -0.3 is 10.4 Å². The van der Waals surface area contributed by atoms with E-state index in [1.807, 2.05) is 24.3 Å². The highest BCUT2D eigenvalue weighted by Gasteiger charge is 2.09. The molecule has 1 aromatic carbocycles. The van der Waals surface area contributed by atoms with Crippen molar-refractivity contribution in [1.29, 1.82) is 0 Å². The summed E-state index contributed by atoms with van der Waals surface area (Å²) in [6, 6.07) is 7.45. The van der Waals surface area contributed by atoms with Crippen LogP contribution in [0.25, 0.3) is 0 Å². The maximum atomic E-state index is 11.7. The predicted octanol–water partition coefficient (Wildman–Crippen LogP) is 1.70. The molecule has 0 fully saturated rings. The molecule has 1 atom stereocenters. The van der Waals surface area contributed by atoms with E-state index in [1.54, 1.807) is 18.9 Å². The molecule has 0 aromatic heterocycles. The normalized spacial score (nSPS) is 12.5. The van der Waals surface area contributed by atoms with Crippen molar-refractivity contribution < 1.29 is 9.90 Å². The fourth-order valence-electron chi connectivity index (χ4n) is 1.51. The number of hydrogen-bond acceptors (Lipinski definition) is 3. The van der Waals surface area contributed by atoms with Crippen molar-refractivity contribution in [1.82, 2.24) is 4.90 Å². The summed E-state index contributed by atoms with van der Waals surface area (Å²) in [6.07, 6.45) is -0.434. The van der Waals surface area contributed by atoms with Gasteiger partial charge in [-0.05, 0) is 42.0 Å². The second kappa shape index (κ2) is 6.74. The van der Waals surface area contributed by atoms with Crippen LogP contribution in [0.3, 0.4) is 0 Å². The number of hydrogen-bond donors (Lipinski definition) is 2. The van der Waals surface area contributed by atoms with Crippen molar-refractivity contribution in [3.05, 3.63) is 28.7 Å². The number of likely N-dealkylation sites (N-methyl/N-ethyl adjacent to an activating group) is 1. The van der Waals surface area contributed by atoms with E-state index in [-0.39, 0.29) is 12.5 Å². The maximum absolute atomic E-state index is 11.7. The van der Waals surface area contributed by atoms with E-state index < -0.39 is 6.10 Å². The third kappa shape index (κ3) is 5.30. The van der Waals surface area contributed by atoms with Gasteiger partial charge in [0.25, 0.3) is 0 Å². The predicted molar refractivity (Wildman–Crippen MR) is 71.9 cm³/mol. The Labute approximate surface area is 110 Å². The summed E-state index contributed by atoms with van der Waals surface area (Å²) in [5.41, 5.74) is 0.753. The molecule has 1 unspecified atom stereocenters. The van der Waals surface area contributed by atoms with Crippen LogP contribution in [0.5, 0.6) is 0 Å². The van der Waals surface area contributed by atoms with E-state index in [0.29, 0.717) is 6.54 Å². The minimum Gasteiger partial charge on any atom is -0.392 e. The van der Waals surface area contributed by atoms with E-state index in [1.165, 1.54) is 0 Å². The Morgan fingerprint density at radius 3 is 2.76 bits per heavy atom. The lowest BCUT2D eigenvalue weighted by Crippen LogP contribution is -2.34. The zero-order valence-electron chi connectivity index (χ0n) is 9.98. The van der Waals surface area contributed by atoms with Crippen molar-refractivity contribution in [3.63, 3.8) is 0 Å². The summed E-state index contributed by atoms with van der Waals surface area (Å²) < 4.78 is 0.853. The van der Waals surface area contributed by atoms with Crippen LogP contribution in [0.4, 0.5) is 5.69 Å². The summed E-state index contributed by atoms with van der Waals surface area (Å²) in [4.78, 5) is 13.5. The number of carbonyl (C=O) groups excluding carboxylic acids is 1. The standard InChI is InChI=1S/C12H17BrN2O2/c1-9(16)7-15(2)8-12(17)14-11-6-4-3-5-10(11)13/h3-6,9,16H,7-8H2,1-2H3,(H,14,17). The van der Waals surface area contributed by atoms with E-state index in [0.717, 1.165) is 10.2 Å². The number of nitrogens with zero attached hydrogens (tertiary/aromatic N) is 1. The zero-order chi connectivity index (χ0) is 12.8. The van der Waals surface area contributed by atoms with Gasteiger partial charge in [-0.15, -0.1) is 0 Å². The first-order chi connectivity index (χ1) is 7.99. The van der Waals surface area contributed by atoms with Crippen LogP contribution in [0, 0.1) is 0 Å². The number of aliphatic hydroxyl groups excluding tert-OH is 1. The fraction of sp³-hybridized carbons (Fsp3) is 0.417. The lowest BCUT2D eigenvalue weighted by molar-refractivity contribution is -0.117. The van der Waals surface area contributed by atoms with Crippen LogP contribution in [-0.4, -0.2) is 42.2 Å². The first-order valence-electron chi connectivity index (χ1n) is 5.40. The molecule has 0 saturated heterocycles. The van der Waals surface area contributed by atoms with Crippen LogP contribution < -0.4 is 5.32 Å². The van der Waals surface area contributed by atoms with E-state index in [2.05, 4.69) is 21.2 Å². The van der Waals surface area contributed by atoms with Gasteiger partial charge in [-0.3, -0.25) is 9.69 Å². The molecule has 0 radical (unpaired) electrons. The average Bonchev–Trinajstić information content (AvgIpc) is 2.19. The number of anilines is 1. The Bertz CT molecular complexity index is 383. The second-order valence-corrected chi connectivity index (χ2v) is 4.93. The Morgan fingerprint density at radius 2 is 2.18 bits per heavy atom. The summed E-state index contributed by atoms with van der Waals surface area (Å²) >= 11 is 3.36. The molecular weight excluding hydrogens is 284 g/mol. The quantitative estimate of drug-likeness (QED) is 0.870. The van der Waals surface area contributed by atoms with Gasteiger partial charge in [0.15, 0.2) is 0 Å². The Balaban J connectivity index is 2.47. The molecule has 0 aliphatic heterocycles. The number of rotatable bonds is 5. The van der Waals surface area contributed by atoms with Crippen LogP contribution in [-0.2, 0) is 4.79 Å². The number of carbonyl (C=O) groups is 1. The molecule has 0 bridgehead atoms. The molecule has 0 aliphatic carbocycles. The summed E-state index contributed by atoms with van der Waals surface area (Å²) in [6.45, 7) is 2.43. The van der Waals surface area contributed by atoms with Crippen molar-refractivity contribution in [2.45, 2.75) is 13.0 Å². The topological polar surface area (TPSA) is 52.6 Å². The van der Waals surface area contributed by atoms with Gasteiger partial charge in [0.05, 0.1) is 18.3 Å². The highest BCUT2D eigenvalue weighted by atomic mass is 79.9. The van der Waals surface area contributed by atoms with Crippen LogP contribution >= 0.6 is 15.9 Å². The molecule has 1 rings (SSSR count). The number of benzene rings is 1. The minimum absolute atomic E-state index is 0.0972. The van der Waals surface area contributed by atoms with Gasteiger partial charge in [-0.2, -0.15) is 0 Å². The Morgan fingerprint density at radius 1 is 1.53 bits per heavy atom. The Kier molecular flexibility index (Phi) is 5.61. The molecule has 17 heavy (non-hydrogen) atoms. The molecule has 2 N–H and O–H groups in total. The van der Waals surface area contributed by atoms with Crippen LogP contribution in [0.1, 0.15) is 6.92 Å². The number of para-hydroxylation sites is 1. The third-order valence-electron chi connectivity index (χ3n) is 2.14. The van der Waals surface area contributed by atoms with Crippen LogP contribution in [0.15, 0.2) is 28.7 Å². The molecular formula is C12H17BrN2O2. The summed E-state index contributed by atoms with van der Waals surface area (Å²) in [5.74, 6) is -0.0972. The van der Waals surface area contributed by atoms with Gasteiger partial charge in [-0.1, -0.05) is 12.1 Å². The maximum Gasteiger partial charge on any atom is 0.238 e. The lowest BCUT2D eigenvalue weighted by Gasteiger charge is -2.17. The molecule has 94 valence electrons. The SMILES string of the molecule is CC(O)CN(C)CC(=O)Nc1ccccc1Br. The number of nitrogens with one attached hydrogen (secondary N) is 1. The number of halogens is 1. The minimum atomic E-state index is -0.434. The number of amides is 1. The molecule has 1 aromatic rings. The van der Waals surface area contributed by atoms with Crippen molar-refractivity contribution in [2.75, 3.05) is 25.5 Å². The largest absolute Gasteiger partial charge is 0.392 e. The van der Waals surface area contributed by atoms with Crippen molar-refractivity contribution in [2.24, 2.45) is 0 Å². The second-order valence-electron chi connectivity index (χ2n) is 4.07. The summed E-state index contributed by atoms with van der Waals surface area (Å²) in [7, 11) is 1.80. The van der Waals surface area contributed by atoms with Crippen molar-refractivity contribution >= 4 is 27.5 Å². The first kappa shape index (κ1) is 14.2. The fourth-order valence-corrected chi connectivity index (χ4v) is 1.90. The van der Waals surface area contributed by atoms with Gasteiger partial charge in [0.2, 0.25) is 5.91 Å². The zero-order valence-corrected chi connectivity index (χ0v) is 11.6. The van der Waals surface area contributed by atoms with Gasteiger partial charge in [0.1, 0.15) is 0 Å². The molecule has 0 spiro atoms. The molecule has 0 heterocycles. The highest BCUT2D eigenvalue weighted by Crippen LogP contribution is 2.20. The molecule has 0 aliphatic rings. The van der Waals surface area contributed by atoms with Crippen LogP contribution in [0.2, 0.25) is 0 Å². The third-order valence-corrected chi connectivity index (χ3v) is 2.83. The lowest BCUT2D eigenvalue weighted by atomic mass is 10.3. The summed E-state index contributed by atoms with van der Waals surface area (Å²) in [5, 5.41) is 12.0. The van der Waals surface area contributed by atoms with E-state index in [9.17, 15) is 9.90 Å². The van der Waals surface area contributed by atoms with Gasteiger partial charge >= 0.3 is 0 Å². The molecule has 4 nitrogen and oxygen atoms in total. The van der Waals surface area contributed by atoms with E-state index >= 15 is 0 Å². The monoisotopic (exact) mass is 300 g/mol. The smallest absolute Gasteiger partial charge is 0.238 e. The Hall–Kier alpha value is -0.910. The van der Waals surface area contributed by atoms with E-state index in [4.69, 9.17) is 0 Å².